The quantitative estimate of drug-likeness (QED) is 0.541. The van der Waals surface area contributed by atoms with Crippen molar-refractivity contribution in [2.45, 2.75) is 6.92 Å². The van der Waals surface area contributed by atoms with E-state index in [0.717, 1.165) is 0 Å². The van der Waals surface area contributed by atoms with Gasteiger partial charge in [0.2, 0.25) is 0 Å². The zero-order valence-corrected chi connectivity index (χ0v) is 14.2. The first-order valence-corrected chi connectivity index (χ1v) is 7.64. The summed E-state index contributed by atoms with van der Waals surface area (Å²) in [7, 11) is 1.53. The molecule has 0 heterocycles. The second kappa shape index (κ2) is 8.23. The maximum absolute atomic E-state index is 11.4. The first-order valence-electron chi connectivity index (χ1n) is 7.64. The van der Waals surface area contributed by atoms with Gasteiger partial charge in [-0.2, -0.15) is 0 Å². The number of nitrogens with one attached hydrogen (secondary N) is 1. The van der Waals surface area contributed by atoms with E-state index >= 15 is 0 Å². The molecule has 138 valence electrons. The lowest BCUT2D eigenvalue weighted by Crippen LogP contribution is -2.22. The minimum Gasteiger partial charge on any atom is -0.394 e. The molecule has 2 rings (SSSR count). The summed E-state index contributed by atoms with van der Waals surface area (Å²) in [6, 6.07) is 8.72. The molecule has 0 unspecified atom stereocenters. The fourth-order valence-electron chi connectivity index (χ4n) is 2.47. The molecule has 0 aliphatic rings. The Labute approximate surface area is 148 Å². The molecule has 0 saturated heterocycles. The van der Waals surface area contributed by atoms with Crippen molar-refractivity contribution in [2.24, 2.45) is 0 Å². The minimum absolute atomic E-state index is 0.114. The third-order valence-electron chi connectivity index (χ3n) is 3.61. The first-order chi connectivity index (χ1) is 12.4. The smallest absolute Gasteiger partial charge is 0.295 e. The number of rotatable bonds is 8. The van der Waals surface area contributed by atoms with Crippen LogP contribution in [0.4, 0.5) is 28.4 Å². The van der Waals surface area contributed by atoms with E-state index in [1.807, 2.05) is 0 Å². The SMILES string of the molecule is CNc1cc(N(OCCO)c2c(C)cccc2[N+](=O)[O-])ccc1[N+](=O)[O-]. The van der Waals surface area contributed by atoms with E-state index < -0.39 is 9.85 Å². The zero-order valence-electron chi connectivity index (χ0n) is 14.2. The van der Waals surface area contributed by atoms with Gasteiger partial charge in [0.1, 0.15) is 11.4 Å². The lowest BCUT2D eigenvalue weighted by atomic mass is 10.1. The molecule has 0 atom stereocenters. The van der Waals surface area contributed by atoms with Gasteiger partial charge in [0.25, 0.3) is 11.4 Å². The summed E-state index contributed by atoms with van der Waals surface area (Å²) in [6.07, 6.45) is 0. The Morgan fingerprint density at radius 2 is 1.85 bits per heavy atom. The summed E-state index contributed by atoms with van der Waals surface area (Å²) in [6.45, 7) is 1.27. The number of nitro groups is 2. The summed E-state index contributed by atoms with van der Waals surface area (Å²) < 4.78 is 0. The number of aryl methyl sites for hydroxylation is 1. The molecular formula is C16H18N4O6. The average molecular weight is 362 g/mol. The molecule has 0 amide bonds. The molecule has 2 aromatic rings. The standard InChI is InChI=1S/C16H18N4O6/c1-11-4-3-5-15(20(24)25)16(11)18(26-9-8-21)12-6-7-14(19(22)23)13(10-12)17-2/h3-7,10,17,21H,8-9H2,1-2H3. The zero-order chi connectivity index (χ0) is 19.3. The number of benzene rings is 2. The lowest BCUT2D eigenvalue weighted by Gasteiger charge is -2.25. The molecule has 0 aliphatic carbocycles. The average Bonchev–Trinajstić information content (AvgIpc) is 2.62. The van der Waals surface area contributed by atoms with Crippen LogP contribution in [-0.4, -0.2) is 35.2 Å². The molecule has 2 N–H and O–H groups in total. The van der Waals surface area contributed by atoms with E-state index in [4.69, 9.17) is 9.94 Å². The third-order valence-corrected chi connectivity index (χ3v) is 3.61. The number of nitro benzene ring substituents is 2. The van der Waals surface area contributed by atoms with Gasteiger partial charge in [0.15, 0.2) is 0 Å². The summed E-state index contributed by atoms with van der Waals surface area (Å²) in [4.78, 5) is 27.0. The van der Waals surface area contributed by atoms with E-state index in [9.17, 15) is 20.2 Å². The van der Waals surface area contributed by atoms with Crippen LogP contribution in [0.15, 0.2) is 36.4 Å². The summed E-state index contributed by atoms with van der Waals surface area (Å²) >= 11 is 0. The number of aliphatic hydroxyl groups is 1. The van der Waals surface area contributed by atoms with Gasteiger partial charge < -0.3 is 10.4 Å². The van der Waals surface area contributed by atoms with Crippen LogP contribution in [0, 0.1) is 27.2 Å². The molecular weight excluding hydrogens is 344 g/mol. The number of nitrogens with zero attached hydrogens (tertiary/aromatic N) is 3. The fraction of sp³-hybridized carbons (Fsp3) is 0.250. The maximum Gasteiger partial charge on any atom is 0.295 e. The van der Waals surface area contributed by atoms with Crippen molar-refractivity contribution in [3.63, 3.8) is 0 Å². The van der Waals surface area contributed by atoms with Crippen molar-refractivity contribution in [3.8, 4) is 0 Å². The van der Waals surface area contributed by atoms with Gasteiger partial charge in [0, 0.05) is 19.2 Å². The van der Waals surface area contributed by atoms with Crippen molar-refractivity contribution in [1.82, 2.24) is 0 Å². The Bertz CT molecular complexity index is 826. The predicted molar refractivity (Wildman–Crippen MR) is 95.7 cm³/mol. The fourth-order valence-corrected chi connectivity index (χ4v) is 2.47. The van der Waals surface area contributed by atoms with Crippen LogP contribution in [0.3, 0.4) is 0 Å². The topological polar surface area (TPSA) is 131 Å². The van der Waals surface area contributed by atoms with Gasteiger partial charge in [-0.3, -0.25) is 25.1 Å². The highest BCUT2D eigenvalue weighted by Gasteiger charge is 2.25. The molecule has 10 nitrogen and oxygen atoms in total. The van der Waals surface area contributed by atoms with Gasteiger partial charge in [0.05, 0.1) is 28.7 Å². The van der Waals surface area contributed by atoms with E-state index in [1.54, 1.807) is 19.1 Å². The van der Waals surface area contributed by atoms with Gasteiger partial charge in [-0.1, -0.05) is 12.1 Å². The molecule has 0 aliphatic heterocycles. The maximum atomic E-state index is 11.4. The Morgan fingerprint density at radius 3 is 2.42 bits per heavy atom. The van der Waals surface area contributed by atoms with Gasteiger partial charge in [-0.15, -0.1) is 0 Å². The molecule has 0 fully saturated rings. The van der Waals surface area contributed by atoms with E-state index in [0.29, 0.717) is 11.3 Å². The Morgan fingerprint density at radius 1 is 1.15 bits per heavy atom. The molecule has 26 heavy (non-hydrogen) atoms. The third kappa shape index (κ3) is 3.87. The van der Waals surface area contributed by atoms with Crippen LogP contribution in [0.1, 0.15) is 5.56 Å². The van der Waals surface area contributed by atoms with Crippen molar-refractivity contribution in [3.05, 3.63) is 62.2 Å². The van der Waals surface area contributed by atoms with E-state index in [-0.39, 0.29) is 36.0 Å². The minimum atomic E-state index is -0.540. The molecule has 2 aromatic carbocycles. The molecule has 0 saturated carbocycles. The predicted octanol–water partition coefficient (Wildman–Crippen LogP) is 2.92. The summed E-state index contributed by atoms with van der Waals surface area (Å²) in [5.41, 5.74) is 0.987. The number of anilines is 3. The van der Waals surface area contributed by atoms with Crippen LogP contribution >= 0.6 is 0 Å². The number of hydrogen-bond acceptors (Lipinski definition) is 8. The number of hydrogen-bond donors (Lipinski definition) is 2. The highest BCUT2D eigenvalue weighted by atomic mass is 16.7. The molecule has 0 bridgehead atoms. The normalized spacial score (nSPS) is 10.4. The monoisotopic (exact) mass is 362 g/mol. The van der Waals surface area contributed by atoms with Crippen LogP contribution in [0.5, 0.6) is 0 Å². The highest BCUT2D eigenvalue weighted by molar-refractivity contribution is 5.77. The second-order valence-electron chi connectivity index (χ2n) is 5.26. The molecule has 0 radical (unpaired) electrons. The first kappa shape index (κ1) is 19.1. The van der Waals surface area contributed by atoms with Crippen LogP contribution in [0.2, 0.25) is 0 Å². The molecule has 10 heteroatoms. The lowest BCUT2D eigenvalue weighted by molar-refractivity contribution is -0.384. The van der Waals surface area contributed by atoms with Crippen molar-refractivity contribution < 1.29 is 19.8 Å². The molecule has 0 spiro atoms. The number of aliphatic hydroxyl groups excluding tert-OH is 1. The second-order valence-corrected chi connectivity index (χ2v) is 5.26. The van der Waals surface area contributed by atoms with Crippen LogP contribution in [-0.2, 0) is 4.84 Å². The van der Waals surface area contributed by atoms with Crippen molar-refractivity contribution in [2.75, 3.05) is 30.6 Å². The van der Waals surface area contributed by atoms with E-state index in [1.165, 1.54) is 36.4 Å². The van der Waals surface area contributed by atoms with Crippen molar-refractivity contribution in [1.29, 1.82) is 0 Å². The van der Waals surface area contributed by atoms with Crippen LogP contribution in [0.25, 0.3) is 0 Å². The number of para-hydroxylation sites is 1. The van der Waals surface area contributed by atoms with Crippen molar-refractivity contribution >= 4 is 28.4 Å². The van der Waals surface area contributed by atoms with Gasteiger partial charge in [-0.05, 0) is 24.6 Å². The summed E-state index contributed by atoms with van der Waals surface area (Å²) in [5, 5.41) is 35.5. The largest absolute Gasteiger partial charge is 0.394 e. The summed E-state index contributed by atoms with van der Waals surface area (Å²) in [5.74, 6) is 0. The highest BCUT2D eigenvalue weighted by Crippen LogP contribution is 2.39. The molecule has 0 aromatic heterocycles. The van der Waals surface area contributed by atoms with Gasteiger partial charge in [-0.25, -0.2) is 5.06 Å². The Hall–Kier alpha value is -3.24. The Balaban J connectivity index is 2.63. The Kier molecular flexibility index (Phi) is 6.04. The van der Waals surface area contributed by atoms with Crippen LogP contribution < -0.4 is 10.4 Å². The van der Waals surface area contributed by atoms with Gasteiger partial charge >= 0.3 is 0 Å². The van der Waals surface area contributed by atoms with E-state index in [2.05, 4.69) is 5.32 Å².